The van der Waals surface area contributed by atoms with Crippen LogP contribution in [0.15, 0.2) is 40.9 Å². The van der Waals surface area contributed by atoms with Gasteiger partial charge in [-0.05, 0) is 55.4 Å². The highest BCUT2D eigenvalue weighted by atomic mass is 79.9. The van der Waals surface area contributed by atoms with Crippen molar-refractivity contribution in [2.75, 3.05) is 13.7 Å². The number of benzene rings is 2. The molecule has 0 aliphatic heterocycles. The molecule has 1 atom stereocenters. The van der Waals surface area contributed by atoms with Gasteiger partial charge in [-0.25, -0.2) is 0 Å². The van der Waals surface area contributed by atoms with Gasteiger partial charge < -0.3 is 10.1 Å². The van der Waals surface area contributed by atoms with Crippen LogP contribution in [0.4, 0.5) is 0 Å². The lowest BCUT2D eigenvalue weighted by Gasteiger charge is -2.20. The zero-order valence-electron chi connectivity index (χ0n) is 11.8. The SMILES string of the molecule is CCOc1ccc(C(NC)c2cc(Cl)ccc2Cl)c(Br)c1. The highest BCUT2D eigenvalue weighted by Gasteiger charge is 2.18. The van der Waals surface area contributed by atoms with Crippen molar-refractivity contribution in [3.8, 4) is 5.75 Å². The van der Waals surface area contributed by atoms with Gasteiger partial charge in [-0.15, -0.1) is 0 Å². The van der Waals surface area contributed by atoms with E-state index >= 15 is 0 Å². The third kappa shape index (κ3) is 3.92. The van der Waals surface area contributed by atoms with E-state index in [9.17, 15) is 0 Å². The summed E-state index contributed by atoms with van der Waals surface area (Å²) in [6.07, 6.45) is 0. The van der Waals surface area contributed by atoms with Crippen molar-refractivity contribution in [1.29, 1.82) is 0 Å². The summed E-state index contributed by atoms with van der Waals surface area (Å²) in [5.41, 5.74) is 2.02. The Morgan fingerprint density at radius 3 is 2.52 bits per heavy atom. The molecule has 0 aliphatic carbocycles. The van der Waals surface area contributed by atoms with Crippen molar-refractivity contribution in [1.82, 2.24) is 5.32 Å². The minimum absolute atomic E-state index is 0.0544. The molecule has 0 saturated carbocycles. The molecular formula is C16H16BrCl2NO. The van der Waals surface area contributed by atoms with Crippen LogP contribution in [0.5, 0.6) is 5.75 Å². The molecule has 2 nitrogen and oxygen atoms in total. The van der Waals surface area contributed by atoms with Crippen molar-refractivity contribution in [2.24, 2.45) is 0 Å². The summed E-state index contributed by atoms with van der Waals surface area (Å²) in [5, 5.41) is 4.62. The van der Waals surface area contributed by atoms with Crippen LogP contribution in [0, 0.1) is 0 Å². The molecule has 2 rings (SSSR count). The molecule has 0 radical (unpaired) electrons. The molecule has 0 aliphatic rings. The lowest BCUT2D eigenvalue weighted by molar-refractivity contribution is 0.340. The molecule has 0 spiro atoms. The topological polar surface area (TPSA) is 21.3 Å². The monoisotopic (exact) mass is 387 g/mol. The Morgan fingerprint density at radius 2 is 1.90 bits per heavy atom. The first-order valence-corrected chi connectivity index (χ1v) is 8.16. The zero-order valence-corrected chi connectivity index (χ0v) is 14.9. The summed E-state index contributed by atoms with van der Waals surface area (Å²) in [5.74, 6) is 0.833. The minimum Gasteiger partial charge on any atom is -0.494 e. The van der Waals surface area contributed by atoms with E-state index in [2.05, 4.69) is 21.2 Å². The van der Waals surface area contributed by atoms with Crippen molar-refractivity contribution in [2.45, 2.75) is 13.0 Å². The summed E-state index contributed by atoms with van der Waals surface area (Å²) in [6, 6.07) is 11.4. The fraction of sp³-hybridized carbons (Fsp3) is 0.250. The predicted octanol–water partition coefficient (Wildman–Crippen LogP) is 5.46. The van der Waals surface area contributed by atoms with Gasteiger partial charge in [0, 0.05) is 14.5 Å². The highest BCUT2D eigenvalue weighted by Crippen LogP contribution is 2.35. The first kappa shape index (κ1) is 16.6. The van der Waals surface area contributed by atoms with Crippen molar-refractivity contribution < 1.29 is 4.74 Å². The van der Waals surface area contributed by atoms with Crippen LogP contribution in [0.25, 0.3) is 0 Å². The van der Waals surface area contributed by atoms with Crippen LogP contribution in [0.1, 0.15) is 24.1 Å². The first-order chi connectivity index (χ1) is 10.1. The van der Waals surface area contributed by atoms with E-state index in [0.717, 1.165) is 21.3 Å². The Kier molecular flexibility index (Phi) is 5.94. The van der Waals surface area contributed by atoms with Gasteiger partial charge in [0.25, 0.3) is 0 Å². The Balaban J connectivity index is 2.44. The van der Waals surface area contributed by atoms with Crippen LogP contribution in [0.2, 0.25) is 10.0 Å². The molecule has 0 aromatic heterocycles. The van der Waals surface area contributed by atoms with Gasteiger partial charge in [-0.2, -0.15) is 0 Å². The Hall–Kier alpha value is -0.740. The number of hydrogen-bond acceptors (Lipinski definition) is 2. The molecule has 2 aromatic rings. The number of rotatable bonds is 5. The molecule has 5 heteroatoms. The van der Waals surface area contributed by atoms with E-state index in [1.807, 2.05) is 44.3 Å². The van der Waals surface area contributed by atoms with Gasteiger partial charge in [0.1, 0.15) is 5.75 Å². The molecule has 2 aromatic carbocycles. The van der Waals surface area contributed by atoms with E-state index in [1.54, 1.807) is 6.07 Å². The van der Waals surface area contributed by atoms with Crippen LogP contribution in [-0.2, 0) is 0 Å². The highest BCUT2D eigenvalue weighted by molar-refractivity contribution is 9.10. The summed E-state index contributed by atoms with van der Waals surface area (Å²) < 4.78 is 6.47. The lowest BCUT2D eigenvalue weighted by Crippen LogP contribution is -2.18. The molecule has 0 heterocycles. The van der Waals surface area contributed by atoms with Crippen LogP contribution >= 0.6 is 39.1 Å². The fourth-order valence-electron chi connectivity index (χ4n) is 2.21. The average Bonchev–Trinajstić information content (AvgIpc) is 2.46. The van der Waals surface area contributed by atoms with E-state index < -0.39 is 0 Å². The van der Waals surface area contributed by atoms with Gasteiger partial charge in [0.05, 0.1) is 12.6 Å². The number of hydrogen-bond donors (Lipinski definition) is 1. The normalized spacial score (nSPS) is 12.2. The summed E-state index contributed by atoms with van der Waals surface area (Å²) in [7, 11) is 1.89. The molecular weight excluding hydrogens is 373 g/mol. The van der Waals surface area contributed by atoms with Crippen LogP contribution < -0.4 is 10.1 Å². The van der Waals surface area contributed by atoms with Gasteiger partial charge >= 0.3 is 0 Å². The summed E-state index contributed by atoms with van der Waals surface area (Å²) >= 11 is 16.0. The van der Waals surface area contributed by atoms with Crippen molar-refractivity contribution in [3.05, 3.63) is 62.0 Å². The van der Waals surface area contributed by atoms with Gasteiger partial charge in [0.2, 0.25) is 0 Å². The molecule has 1 unspecified atom stereocenters. The Morgan fingerprint density at radius 1 is 1.14 bits per heavy atom. The third-order valence-electron chi connectivity index (χ3n) is 3.15. The summed E-state index contributed by atoms with van der Waals surface area (Å²) in [4.78, 5) is 0. The molecule has 0 fully saturated rings. The Bertz CT molecular complexity index is 634. The third-order valence-corrected chi connectivity index (χ3v) is 4.42. The Labute approximate surface area is 143 Å². The second kappa shape index (κ2) is 7.50. The van der Waals surface area contributed by atoms with Gasteiger partial charge in [-0.1, -0.05) is 45.2 Å². The number of halogens is 3. The summed E-state index contributed by atoms with van der Waals surface area (Å²) in [6.45, 7) is 2.60. The molecule has 0 saturated heterocycles. The lowest BCUT2D eigenvalue weighted by atomic mass is 9.98. The molecule has 112 valence electrons. The quantitative estimate of drug-likeness (QED) is 0.733. The van der Waals surface area contributed by atoms with Crippen molar-refractivity contribution >= 4 is 39.1 Å². The van der Waals surface area contributed by atoms with E-state index in [-0.39, 0.29) is 6.04 Å². The maximum absolute atomic E-state index is 6.31. The smallest absolute Gasteiger partial charge is 0.120 e. The predicted molar refractivity (Wildman–Crippen MR) is 92.7 cm³/mol. The maximum Gasteiger partial charge on any atom is 0.120 e. The number of nitrogens with one attached hydrogen (secondary N) is 1. The van der Waals surface area contributed by atoms with Gasteiger partial charge in [0.15, 0.2) is 0 Å². The van der Waals surface area contributed by atoms with E-state index in [4.69, 9.17) is 27.9 Å². The molecule has 1 N–H and O–H groups in total. The average molecular weight is 389 g/mol. The second-order valence-electron chi connectivity index (χ2n) is 4.50. The first-order valence-electron chi connectivity index (χ1n) is 6.61. The van der Waals surface area contributed by atoms with E-state index in [1.165, 1.54) is 0 Å². The zero-order chi connectivity index (χ0) is 15.4. The molecule has 0 bridgehead atoms. The maximum atomic E-state index is 6.31. The fourth-order valence-corrected chi connectivity index (χ4v) is 3.21. The second-order valence-corrected chi connectivity index (χ2v) is 6.20. The molecule has 0 amide bonds. The molecule has 21 heavy (non-hydrogen) atoms. The standard InChI is InChI=1S/C16H16BrCl2NO/c1-3-21-11-5-6-12(14(17)9-11)16(20-2)13-8-10(18)4-7-15(13)19/h4-9,16,20H,3H2,1-2H3. The number of ether oxygens (including phenoxy) is 1. The van der Waals surface area contributed by atoms with Crippen molar-refractivity contribution in [3.63, 3.8) is 0 Å². The van der Waals surface area contributed by atoms with E-state index in [0.29, 0.717) is 16.7 Å². The van der Waals surface area contributed by atoms with Gasteiger partial charge in [-0.3, -0.25) is 0 Å². The minimum atomic E-state index is -0.0544. The largest absolute Gasteiger partial charge is 0.494 e. The van der Waals surface area contributed by atoms with Crippen LogP contribution in [-0.4, -0.2) is 13.7 Å². The van der Waals surface area contributed by atoms with Crippen LogP contribution in [0.3, 0.4) is 0 Å².